The van der Waals surface area contributed by atoms with E-state index < -0.39 is 17.4 Å². The second-order valence-electron chi connectivity index (χ2n) is 9.64. The maximum atomic E-state index is 14.0. The van der Waals surface area contributed by atoms with E-state index in [0.29, 0.717) is 5.69 Å². The Balaban J connectivity index is 1.55. The van der Waals surface area contributed by atoms with Gasteiger partial charge in [0.1, 0.15) is 5.54 Å². The molecule has 32 heavy (non-hydrogen) atoms. The number of amides is 3. The van der Waals surface area contributed by atoms with Crippen molar-refractivity contribution in [3.05, 3.63) is 58.7 Å². The van der Waals surface area contributed by atoms with Crippen LogP contribution in [0.25, 0.3) is 0 Å². The first-order valence-corrected chi connectivity index (χ1v) is 11.6. The molecule has 3 saturated heterocycles. The second kappa shape index (κ2) is 6.51. The quantitative estimate of drug-likeness (QED) is 0.744. The van der Waals surface area contributed by atoms with Crippen molar-refractivity contribution in [2.45, 2.75) is 51.6 Å². The number of hydrogen-bond acceptors (Lipinski definition) is 4. The highest BCUT2D eigenvalue weighted by atomic mass is 16.2. The Morgan fingerprint density at radius 1 is 1.03 bits per heavy atom. The molecule has 1 spiro atoms. The molecule has 0 unspecified atom stereocenters. The van der Waals surface area contributed by atoms with E-state index >= 15 is 0 Å². The van der Waals surface area contributed by atoms with E-state index in [2.05, 4.69) is 23.2 Å². The number of rotatable bonds is 2. The van der Waals surface area contributed by atoms with Gasteiger partial charge >= 0.3 is 0 Å². The van der Waals surface area contributed by atoms with Gasteiger partial charge in [-0.3, -0.25) is 19.3 Å². The Kier molecular flexibility index (Phi) is 4.01. The Labute approximate surface area is 187 Å². The Bertz CT molecular complexity index is 1200. The molecule has 0 bridgehead atoms. The van der Waals surface area contributed by atoms with Crippen LogP contribution in [0.2, 0.25) is 0 Å². The summed E-state index contributed by atoms with van der Waals surface area (Å²) >= 11 is 0. The molecule has 2 aromatic carbocycles. The molecule has 4 atom stereocenters. The van der Waals surface area contributed by atoms with Crippen molar-refractivity contribution >= 4 is 29.1 Å². The van der Waals surface area contributed by atoms with Crippen LogP contribution in [-0.2, 0) is 26.3 Å². The highest BCUT2D eigenvalue weighted by molar-refractivity contribution is 6.25. The van der Waals surface area contributed by atoms with E-state index in [4.69, 9.17) is 0 Å². The topological polar surface area (TPSA) is 69.7 Å². The highest BCUT2D eigenvalue weighted by Crippen LogP contribution is 2.60. The lowest BCUT2D eigenvalue weighted by atomic mass is 9.75. The minimum absolute atomic E-state index is 0.0880. The van der Waals surface area contributed by atoms with Crippen molar-refractivity contribution in [3.63, 3.8) is 0 Å². The number of anilines is 2. The van der Waals surface area contributed by atoms with Gasteiger partial charge in [0.25, 0.3) is 0 Å². The van der Waals surface area contributed by atoms with Crippen LogP contribution >= 0.6 is 0 Å². The maximum Gasteiger partial charge on any atom is 0.250 e. The molecule has 1 N–H and O–H groups in total. The minimum Gasteiger partial charge on any atom is -0.324 e. The maximum absolute atomic E-state index is 14.0. The second-order valence-corrected chi connectivity index (χ2v) is 9.64. The Hall–Kier alpha value is -2.99. The van der Waals surface area contributed by atoms with Crippen LogP contribution in [0.15, 0.2) is 36.4 Å². The van der Waals surface area contributed by atoms with Crippen LogP contribution in [0.5, 0.6) is 0 Å². The molecule has 6 nitrogen and oxygen atoms in total. The van der Waals surface area contributed by atoms with Gasteiger partial charge in [0.05, 0.1) is 17.5 Å². The molecule has 164 valence electrons. The van der Waals surface area contributed by atoms with Crippen molar-refractivity contribution < 1.29 is 14.4 Å². The molecule has 4 aliphatic rings. The summed E-state index contributed by atoms with van der Waals surface area (Å²) in [4.78, 5) is 45.0. The van der Waals surface area contributed by atoms with Crippen LogP contribution in [0.1, 0.15) is 42.0 Å². The molecule has 0 aliphatic carbocycles. The van der Waals surface area contributed by atoms with Gasteiger partial charge in [-0.05, 0) is 74.5 Å². The van der Waals surface area contributed by atoms with Gasteiger partial charge in [0.2, 0.25) is 17.7 Å². The lowest BCUT2D eigenvalue weighted by Gasteiger charge is -2.36. The number of aryl methyl sites for hydroxylation is 3. The molecule has 6 heteroatoms. The minimum atomic E-state index is -1.10. The number of hydrogen-bond donors (Lipinski definition) is 1. The molecule has 0 radical (unpaired) electrons. The summed E-state index contributed by atoms with van der Waals surface area (Å²) in [5.74, 6) is -1.76. The summed E-state index contributed by atoms with van der Waals surface area (Å²) in [6.45, 7) is 6.81. The number of carbonyl (C=O) groups is 3. The Morgan fingerprint density at radius 2 is 1.84 bits per heavy atom. The molecule has 0 aromatic heterocycles. The van der Waals surface area contributed by atoms with Crippen molar-refractivity contribution in [2.24, 2.45) is 11.8 Å². The van der Waals surface area contributed by atoms with Crippen LogP contribution < -0.4 is 10.2 Å². The third-order valence-electron chi connectivity index (χ3n) is 8.21. The third kappa shape index (κ3) is 2.21. The van der Waals surface area contributed by atoms with Crippen molar-refractivity contribution in [3.8, 4) is 0 Å². The fourth-order valence-electron chi connectivity index (χ4n) is 6.59. The predicted molar refractivity (Wildman–Crippen MR) is 121 cm³/mol. The van der Waals surface area contributed by atoms with E-state index in [1.165, 1.54) is 4.90 Å². The number of nitrogens with zero attached hydrogens (tertiary/aromatic N) is 2. The van der Waals surface area contributed by atoms with Crippen molar-refractivity contribution in [1.82, 2.24) is 4.90 Å². The lowest BCUT2D eigenvalue weighted by Crippen LogP contribution is -2.54. The molecule has 4 heterocycles. The zero-order chi connectivity index (χ0) is 22.4. The van der Waals surface area contributed by atoms with E-state index in [0.717, 1.165) is 53.7 Å². The summed E-state index contributed by atoms with van der Waals surface area (Å²) in [6.07, 6.45) is 2.60. The molecule has 4 aliphatic heterocycles. The monoisotopic (exact) mass is 429 g/mol. The van der Waals surface area contributed by atoms with Crippen LogP contribution in [0, 0.1) is 25.7 Å². The van der Waals surface area contributed by atoms with Crippen LogP contribution in [0.3, 0.4) is 0 Å². The zero-order valence-electron chi connectivity index (χ0n) is 18.6. The van der Waals surface area contributed by atoms with Crippen molar-refractivity contribution in [2.75, 3.05) is 16.8 Å². The fraction of sp³-hybridized carbons (Fsp3) is 0.423. The third-order valence-corrected chi connectivity index (χ3v) is 8.21. The molecule has 3 amide bonds. The SMILES string of the molecule is CCc1ccc2c(c1)[C@]1(C(=O)N2)[C@@H]2C(=O)N(c3ccc(C)c(C)c3)C(=O)[C@@H]2[C@@H]2CCCN21. The zero-order valence-corrected chi connectivity index (χ0v) is 18.6. The summed E-state index contributed by atoms with van der Waals surface area (Å²) in [5.41, 5.74) is 4.41. The first kappa shape index (κ1) is 19.7. The largest absolute Gasteiger partial charge is 0.324 e. The smallest absolute Gasteiger partial charge is 0.250 e. The predicted octanol–water partition coefficient (Wildman–Crippen LogP) is 3.30. The van der Waals surface area contributed by atoms with Gasteiger partial charge < -0.3 is 5.32 Å². The number of carbonyl (C=O) groups excluding carboxylic acids is 3. The van der Waals surface area contributed by atoms with Gasteiger partial charge in [-0.2, -0.15) is 0 Å². The molecular weight excluding hydrogens is 402 g/mol. The summed E-state index contributed by atoms with van der Waals surface area (Å²) in [7, 11) is 0. The first-order valence-electron chi connectivity index (χ1n) is 11.6. The molecule has 0 saturated carbocycles. The van der Waals surface area contributed by atoms with Crippen LogP contribution in [-0.4, -0.2) is 35.2 Å². The number of fused-ring (bicyclic) bond motifs is 7. The average Bonchev–Trinajstić information content (AvgIpc) is 3.48. The van der Waals surface area contributed by atoms with E-state index in [9.17, 15) is 14.4 Å². The van der Waals surface area contributed by atoms with Gasteiger partial charge in [0, 0.05) is 17.3 Å². The van der Waals surface area contributed by atoms with E-state index in [1.54, 1.807) is 0 Å². The highest BCUT2D eigenvalue weighted by Gasteiger charge is 2.74. The average molecular weight is 430 g/mol. The normalized spacial score (nSPS) is 30.8. The van der Waals surface area contributed by atoms with Crippen molar-refractivity contribution in [1.29, 1.82) is 0 Å². The number of imide groups is 1. The number of benzene rings is 2. The van der Waals surface area contributed by atoms with Gasteiger partial charge in [0.15, 0.2) is 0 Å². The van der Waals surface area contributed by atoms with Gasteiger partial charge in [-0.1, -0.05) is 25.1 Å². The van der Waals surface area contributed by atoms with Gasteiger partial charge in [-0.15, -0.1) is 0 Å². The molecule has 3 fully saturated rings. The standard InChI is InChI=1S/C26H27N3O3/c1-4-16-8-10-19-18(13-16)26(25(32)27-19)22-21(20-6-5-11-28(20)26)23(30)29(24(22)31)17-9-7-14(2)15(3)12-17/h7-10,12-13,20-22H,4-6,11H2,1-3H3,(H,27,32)/t20-,21+,22-,26+/m0/s1. The summed E-state index contributed by atoms with van der Waals surface area (Å²) in [5, 5.41) is 3.05. The fourth-order valence-corrected chi connectivity index (χ4v) is 6.59. The lowest BCUT2D eigenvalue weighted by molar-refractivity contribution is -0.135. The molecule has 2 aromatic rings. The van der Waals surface area contributed by atoms with E-state index in [-0.39, 0.29) is 23.8 Å². The van der Waals surface area contributed by atoms with Gasteiger partial charge in [-0.25, -0.2) is 4.90 Å². The molecule has 6 rings (SSSR count). The molecular formula is C26H27N3O3. The summed E-state index contributed by atoms with van der Waals surface area (Å²) < 4.78 is 0. The first-order chi connectivity index (χ1) is 15.4. The Morgan fingerprint density at radius 3 is 2.59 bits per heavy atom. The number of nitrogens with one attached hydrogen (secondary N) is 1. The summed E-state index contributed by atoms with van der Waals surface area (Å²) in [6, 6.07) is 11.6. The van der Waals surface area contributed by atoms with Crippen LogP contribution in [0.4, 0.5) is 11.4 Å². The van der Waals surface area contributed by atoms with E-state index in [1.807, 2.05) is 44.2 Å².